The molecule has 2 heterocycles. The van der Waals surface area contributed by atoms with E-state index in [9.17, 15) is 14.7 Å². The molecule has 3 aliphatic rings. The molecular formula is C38H50N4O4. The van der Waals surface area contributed by atoms with Gasteiger partial charge >= 0.3 is 5.97 Å². The van der Waals surface area contributed by atoms with Crippen molar-refractivity contribution >= 4 is 17.7 Å². The van der Waals surface area contributed by atoms with E-state index in [1.54, 1.807) is 7.11 Å². The number of hydrogen-bond acceptors (Lipinski definition) is 5. The van der Waals surface area contributed by atoms with Crippen LogP contribution in [0.1, 0.15) is 108 Å². The summed E-state index contributed by atoms with van der Waals surface area (Å²) < 4.78 is 7.50. The molecule has 3 aromatic rings. The molecule has 1 aromatic carbocycles. The predicted octanol–water partition coefficient (Wildman–Crippen LogP) is 8.21. The fourth-order valence-corrected chi connectivity index (χ4v) is 8.75. The minimum atomic E-state index is -0.747. The van der Waals surface area contributed by atoms with E-state index >= 15 is 0 Å². The Kier molecular flexibility index (Phi) is 9.53. The Morgan fingerprint density at radius 1 is 1.07 bits per heavy atom. The van der Waals surface area contributed by atoms with E-state index in [2.05, 4.69) is 39.0 Å². The Morgan fingerprint density at radius 2 is 1.87 bits per heavy atom. The molecule has 3 saturated carbocycles. The van der Waals surface area contributed by atoms with Gasteiger partial charge in [-0.3, -0.25) is 19.2 Å². The van der Waals surface area contributed by atoms with E-state index in [-0.39, 0.29) is 35.6 Å². The zero-order valence-corrected chi connectivity index (χ0v) is 28.0. The summed E-state index contributed by atoms with van der Waals surface area (Å²) in [6, 6.07) is 13.0. The highest BCUT2D eigenvalue weighted by atomic mass is 16.5. The van der Waals surface area contributed by atoms with Crippen molar-refractivity contribution in [3.05, 3.63) is 59.9 Å². The van der Waals surface area contributed by atoms with Crippen molar-refractivity contribution in [3.63, 3.8) is 0 Å². The number of methoxy groups -OCH3 is 1. The summed E-state index contributed by atoms with van der Waals surface area (Å²) >= 11 is 0. The van der Waals surface area contributed by atoms with Crippen LogP contribution in [0.2, 0.25) is 0 Å². The van der Waals surface area contributed by atoms with E-state index < -0.39 is 5.97 Å². The number of carboxylic acid groups (broad SMARTS) is 1. The van der Waals surface area contributed by atoms with Crippen molar-refractivity contribution < 1.29 is 19.4 Å². The van der Waals surface area contributed by atoms with E-state index in [1.165, 1.54) is 24.0 Å². The first kappa shape index (κ1) is 32.3. The fraction of sp³-hybridized carbons (Fsp3) is 0.579. The van der Waals surface area contributed by atoms with Gasteiger partial charge in [-0.15, -0.1) is 0 Å². The molecule has 1 N–H and O–H groups in total. The number of ether oxygens (including phenoxy) is 1. The zero-order chi connectivity index (χ0) is 32.4. The molecule has 0 saturated heterocycles. The smallest absolute Gasteiger partial charge is 0.303 e. The van der Waals surface area contributed by atoms with E-state index in [1.807, 2.05) is 40.2 Å². The molecule has 3 fully saturated rings. The lowest BCUT2D eigenvalue weighted by Gasteiger charge is -2.51. The van der Waals surface area contributed by atoms with Crippen LogP contribution in [0.15, 0.2) is 48.8 Å². The van der Waals surface area contributed by atoms with Gasteiger partial charge in [0, 0.05) is 42.9 Å². The summed E-state index contributed by atoms with van der Waals surface area (Å²) in [4.78, 5) is 32.7. The number of hydrogen-bond donors (Lipinski definition) is 1. The number of amides is 1. The second-order valence-electron chi connectivity index (χ2n) is 14.6. The Labute approximate surface area is 273 Å². The van der Waals surface area contributed by atoms with Crippen LogP contribution in [0, 0.1) is 30.1 Å². The minimum absolute atomic E-state index is 0.0635. The topological polar surface area (TPSA) is 97.5 Å². The normalized spacial score (nSPS) is 26.1. The van der Waals surface area contributed by atoms with Crippen molar-refractivity contribution in [1.29, 1.82) is 0 Å². The Bertz CT molecular complexity index is 1540. The molecule has 3 atom stereocenters. The van der Waals surface area contributed by atoms with Crippen LogP contribution in [0.25, 0.3) is 11.3 Å². The number of benzene rings is 1. The number of carbonyl (C=O) groups is 2. The molecule has 2 bridgehead atoms. The van der Waals surface area contributed by atoms with Crippen LogP contribution in [0.5, 0.6) is 5.75 Å². The lowest BCUT2D eigenvalue weighted by molar-refractivity contribution is -0.138. The molecule has 8 nitrogen and oxygen atoms in total. The maximum Gasteiger partial charge on any atom is 0.303 e. The summed E-state index contributed by atoms with van der Waals surface area (Å²) in [5, 5.41) is 14.1. The molecule has 246 valence electrons. The van der Waals surface area contributed by atoms with Crippen molar-refractivity contribution in [2.45, 2.75) is 103 Å². The maximum absolute atomic E-state index is 14.5. The molecule has 3 unspecified atom stereocenters. The molecule has 1 amide bonds. The van der Waals surface area contributed by atoms with Crippen LogP contribution in [0.3, 0.4) is 0 Å². The van der Waals surface area contributed by atoms with Gasteiger partial charge in [-0.1, -0.05) is 18.6 Å². The fourth-order valence-electron chi connectivity index (χ4n) is 8.75. The first-order valence-electron chi connectivity index (χ1n) is 17.3. The van der Waals surface area contributed by atoms with E-state index in [0.717, 1.165) is 68.4 Å². The molecule has 0 spiro atoms. The van der Waals surface area contributed by atoms with Gasteiger partial charge in [-0.25, -0.2) is 4.98 Å². The van der Waals surface area contributed by atoms with Gasteiger partial charge in [0.05, 0.1) is 12.8 Å². The lowest BCUT2D eigenvalue weighted by Crippen LogP contribution is -2.49. The summed E-state index contributed by atoms with van der Waals surface area (Å²) in [5.41, 5.74) is 4.51. The highest BCUT2D eigenvalue weighted by Gasteiger charge is 2.46. The summed E-state index contributed by atoms with van der Waals surface area (Å²) in [6.45, 7) is 7.04. The summed E-state index contributed by atoms with van der Waals surface area (Å²) in [7, 11) is 1.73. The lowest BCUT2D eigenvalue weighted by atomic mass is 9.57. The van der Waals surface area contributed by atoms with E-state index in [4.69, 9.17) is 14.8 Å². The highest BCUT2D eigenvalue weighted by Crippen LogP contribution is 2.55. The van der Waals surface area contributed by atoms with Crippen molar-refractivity contribution in [2.24, 2.45) is 23.2 Å². The van der Waals surface area contributed by atoms with Gasteiger partial charge in [0.2, 0.25) is 5.91 Å². The minimum Gasteiger partial charge on any atom is -0.496 e. The number of anilines is 1. The number of pyridine rings is 1. The number of carboxylic acids is 1. The third-order valence-electron chi connectivity index (χ3n) is 11.3. The van der Waals surface area contributed by atoms with Crippen LogP contribution < -0.4 is 9.64 Å². The summed E-state index contributed by atoms with van der Waals surface area (Å²) in [5.74, 6) is 2.22. The second kappa shape index (κ2) is 13.6. The molecule has 46 heavy (non-hydrogen) atoms. The van der Waals surface area contributed by atoms with Gasteiger partial charge in [0.15, 0.2) is 0 Å². The van der Waals surface area contributed by atoms with Crippen molar-refractivity contribution in [2.75, 3.05) is 18.6 Å². The van der Waals surface area contributed by atoms with Crippen LogP contribution in [-0.4, -0.2) is 45.4 Å². The van der Waals surface area contributed by atoms with Gasteiger partial charge in [-0.05, 0) is 137 Å². The van der Waals surface area contributed by atoms with Crippen molar-refractivity contribution in [1.82, 2.24) is 14.8 Å². The van der Waals surface area contributed by atoms with Gasteiger partial charge in [0.25, 0.3) is 0 Å². The highest BCUT2D eigenvalue weighted by molar-refractivity contribution is 5.95. The molecule has 8 heteroatoms. The quantitative estimate of drug-likeness (QED) is 0.244. The third kappa shape index (κ3) is 6.86. The second-order valence-corrected chi connectivity index (χ2v) is 14.6. The Morgan fingerprint density at radius 3 is 2.57 bits per heavy atom. The first-order chi connectivity index (χ1) is 22.1. The molecule has 2 aromatic heterocycles. The molecular weight excluding hydrogens is 576 g/mol. The number of aryl methyl sites for hydroxylation is 1. The Hall–Kier alpha value is -3.68. The summed E-state index contributed by atoms with van der Waals surface area (Å²) in [6.07, 6.45) is 13.9. The van der Waals surface area contributed by atoms with Crippen molar-refractivity contribution in [3.8, 4) is 17.0 Å². The monoisotopic (exact) mass is 626 g/mol. The number of nitrogens with zero attached hydrogens (tertiary/aromatic N) is 4. The zero-order valence-electron chi connectivity index (χ0n) is 28.0. The molecule has 0 aliphatic heterocycles. The number of aliphatic carboxylic acids is 1. The third-order valence-corrected chi connectivity index (χ3v) is 11.3. The van der Waals surface area contributed by atoms with Gasteiger partial charge in [0.1, 0.15) is 11.6 Å². The number of fused-ring (bicyclic) bond motifs is 2. The Balaban J connectivity index is 1.27. The maximum atomic E-state index is 14.5. The average molecular weight is 627 g/mol. The molecule has 0 radical (unpaired) electrons. The van der Waals surface area contributed by atoms with Gasteiger partial charge < -0.3 is 9.84 Å². The standard InChI is InChI=1S/C38H50N4O4/c1-25(2)42-19-15-33(40-42)30-14-18-39-35(22-30)41(37(45)28-9-7-27(8-10-28)21-36(43)44)24-38-16-5-6-31(23-38)32(13-17-38)29-11-12-34(46-4)26(3)20-29/h11-12,14-15,18-20,22,25,27-28,31-32H,5-10,13,16-17,21,23-24H2,1-4H3,(H,43,44)/t27-,28-,31?,32?,38?. The van der Waals surface area contributed by atoms with Crippen LogP contribution >= 0.6 is 0 Å². The average Bonchev–Trinajstić information content (AvgIpc) is 3.55. The largest absolute Gasteiger partial charge is 0.496 e. The first-order valence-corrected chi connectivity index (χ1v) is 17.3. The molecule has 3 aliphatic carbocycles. The molecule has 6 rings (SSSR count). The predicted molar refractivity (Wildman–Crippen MR) is 180 cm³/mol. The number of aromatic nitrogens is 3. The van der Waals surface area contributed by atoms with Gasteiger partial charge in [-0.2, -0.15) is 5.10 Å². The number of rotatable bonds is 10. The SMILES string of the molecule is COc1ccc(C2CCC3(CN(c4cc(-c5ccn(C(C)C)n5)ccn4)C(=O)[C@H]4CC[C@H](CC(=O)O)CC4)CCCC2C3)cc1C. The number of carbonyl (C=O) groups excluding carboxylic acids is 1. The van der Waals surface area contributed by atoms with Crippen LogP contribution in [0.4, 0.5) is 5.82 Å². The van der Waals surface area contributed by atoms with Crippen LogP contribution in [-0.2, 0) is 9.59 Å². The van der Waals surface area contributed by atoms with E-state index in [0.29, 0.717) is 24.2 Å².